The van der Waals surface area contributed by atoms with Gasteiger partial charge in [-0.25, -0.2) is 0 Å². The van der Waals surface area contributed by atoms with Crippen LogP contribution in [0, 0.1) is 5.41 Å². The average molecular weight is 211 g/mol. The highest BCUT2D eigenvalue weighted by molar-refractivity contribution is 5.86. The molecule has 0 radical (unpaired) electrons. The number of hydrogen-bond acceptors (Lipinski definition) is 2. The second kappa shape index (κ2) is 4.25. The van der Waals surface area contributed by atoms with Crippen molar-refractivity contribution in [3.05, 3.63) is 0 Å². The first-order valence-corrected chi connectivity index (χ1v) is 6.12. The van der Waals surface area contributed by atoms with Gasteiger partial charge in [0.25, 0.3) is 0 Å². The summed E-state index contributed by atoms with van der Waals surface area (Å²) in [6.45, 7) is 12.9. The fourth-order valence-electron chi connectivity index (χ4n) is 2.31. The van der Waals surface area contributed by atoms with Crippen molar-refractivity contribution in [2.24, 2.45) is 5.41 Å². The monoisotopic (exact) mass is 211 g/mol. The van der Waals surface area contributed by atoms with Gasteiger partial charge in [0.2, 0.25) is 0 Å². The molecule has 0 saturated carbocycles. The molecule has 0 bridgehead atoms. The number of hydrogen-bond donors (Lipinski definition) is 0. The first-order valence-electron chi connectivity index (χ1n) is 6.12. The zero-order valence-electron chi connectivity index (χ0n) is 10.9. The van der Waals surface area contributed by atoms with Crippen LogP contribution >= 0.6 is 0 Å². The first kappa shape index (κ1) is 12.7. The molecule has 0 N–H and O–H groups in total. The lowest BCUT2D eigenvalue weighted by atomic mass is 9.67. The SMILES string of the molecule is CCCCN1CCC(=O)C(C)(C)C1(C)C. The molecule has 0 unspecified atom stereocenters. The van der Waals surface area contributed by atoms with Gasteiger partial charge in [0.1, 0.15) is 5.78 Å². The van der Waals surface area contributed by atoms with E-state index in [-0.39, 0.29) is 11.0 Å². The highest BCUT2D eigenvalue weighted by Gasteiger charge is 2.49. The summed E-state index contributed by atoms with van der Waals surface area (Å²) in [5, 5.41) is 0. The van der Waals surface area contributed by atoms with E-state index >= 15 is 0 Å². The van der Waals surface area contributed by atoms with Gasteiger partial charge in [0.05, 0.1) is 0 Å². The fourth-order valence-corrected chi connectivity index (χ4v) is 2.31. The van der Waals surface area contributed by atoms with Crippen LogP contribution in [0.5, 0.6) is 0 Å². The van der Waals surface area contributed by atoms with E-state index in [4.69, 9.17) is 0 Å². The number of rotatable bonds is 3. The lowest BCUT2D eigenvalue weighted by Crippen LogP contribution is -2.61. The van der Waals surface area contributed by atoms with E-state index in [1.54, 1.807) is 0 Å². The Hall–Kier alpha value is -0.370. The average Bonchev–Trinajstić information content (AvgIpc) is 2.14. The lowest BCUT2D eigenvalue weighted by Gasteiger charge is -2.52. The van der Waals surface area contributed by atoms with Gasteiger partial charge in [-0.15, -0.1) is 0 Å². The van der Waals surface area contributed by atoms with Crippen LogP contribution in [-0.4, -0.2) is 29.3 Å². The molecule has 1 heterocycles. The molecule has 1 rings (SSSR count). The Labute approximate surface area is 94.0 Å². The number of unbranched alkanes of at least 4 members (excludes halogenated alkanes) is 1. The van der Waals surface area contributed by atoms with Gasteiger partial charge in [0.15, 0.2) is 0 Å². The van der Waals surface area contributed by atoms with Crippen molar-refractivity contribution in [1.82, 2.24) is 4.90 Å². The van der Waals surface area contributed by atoms with E-state index in [0.29, 0.717) is 5.78 Å². The Morgan fingerprint density at radius 2 is 1.87 bits per heavy atom. The molecular formula is C13H25NO. The summed E-state index contributed by atoms with van der Waals surface area (Å²) >= 11 is 0. The molecule has 0 spiro atoms. The molecule has 0 aliphatic carbocycles. The van der Waals surface area contributed by atoms with Gasteiger partial charge in [-0.2, -0.15) is 0 Å². The fraction of sp³-hybridized carbons (Fsp3) is 0.923. The number of nitrogens with zero attached hydrogens (tertiary/aromatic N) is 1. The number of carbonyl (C=O) groups excluding carboxylic acids is 1. The molecule has 0 aromatic heterocycles. The van der Waals surface area contributed by atoms with Crippen LogP contribution in [0.3, 0.4) is 0 Å². The molecule has 88 valence electrons. The predicted octanol–water partition coefficient (Wildman–Crippen LogP) is 2.87. The third-order valence-electron chi connectivity index (χ3n) is 4.41. The number of carbonyl (C=O) groups is 1. The van der Waals surface area contributed by atoms with Crippen molar-refractivity contribution in [2.45, 2.75) is 59.4 Å². The topological polar surface area (TPSA) is 20.3 Å². The second-order valence-electron chi connectivity index (χ2n) is 5.70. The molecule has 15 heavy (non-hydrogen) atoms. The molecule has 2 heteroatoms. The van der Waals surface area contributed by atoms with Crippen molar-refractivity contribution in [3.8, 4) is 0 Å². The van der Waals surface area contributed by atoms with Crippen LogP contribution in [0.4, 0.5) is 0 Å². The smallest absolute Gasteiger partial charge is 0.141 e. The van der Waals surface area contributed by atoms with Crippen LogP contribution in [0.15, 0.2) is 0 Å². The van der Waals surface area contributed by atoms with Gasteiger partial charge in [-0.05, 0) is 26.8 Å². The van der Waals surface area contributed by atoms with Crippen LogP contribution in [0.2, 0.25) is 0 Å². The van der Waals surface area contributed by atoms with Crippen molar-refractivity contribution >= 4 is 5.78 Å². The Balaban J connectivity index is 2.80. The minimum atomic E-state index is -0.209. The quantitative estimate of drug-likeness (QED) is 0.715. The molecule has 0 atom stereocenters. The van der Waals surface area contributed by atoms with Crippen molar-refractivity contribution < 1.29 is 4.79 Å². The van der Waals surface area contributed by atoms with E-state index in [9.17, 15) is 4.79 Å². The Morgan fingerprint density at radius 3 is 2.40 bits per heavy atom. The van der Waals surface area contributed by atoms with Crippen LogP contribution in [0.25, 0.3) is 0 Å². The van der Waals surface area contributed by atoms with E-state index in [2.05, 4.69) is 39.5 Å². The molecule has 1 aliphatic rings. The predicted molar refractivity (Wildman–Crippen MR) is 64.0 cm³/mol. The second-order valence-corrected chi connectivity index (χ2v) is 5.70. The maximum atomic E-state index is 11.9. The Bertz CT molecular complexity index is 243. The molecule has 0 amide bonds. The molecular weight excluding hydrogens is 186 g/mol. The third kappa shape index (κ3) is 2.10. The Morgan fingerprint density at radius 1 is 1.27 bits per heavy atom. The normalized spacial score (nSPS) is 25.5. The van der Waals surface area contributed by atoms with Crippen molar-refractivity contribution in [2.75, 3.05) is 13.1 Å². The summed E-state index contributed by atoms with van der Waals surface area (Å²) in [7, 11) is 0. The maximum absolute atomic E-state index is 11.9. The standard InChI is InChI=1S/C13H25NO/c1-6-7-9-14-10-8-11(15)12(2,3)13(14,4)5/h6-10H2,1-5H3. The van der Waals surface area contributed by atoms with Crippen LogP contribution in [-0.2, 0) is 4.79 Å². The first-order chi connectivity index (χ1) is 6.84. The molecule has 0 aromatic carbocycles. The van der Waals surface area contributed by atoms with E-state index < -0.39 is 0 Å². The van der Waals surface area contributed by atoms with E-state index in [0.717, 1.165) is 19.5 Å². The summed E-state index contributed by atoms with van der Waals surface area (Å²) < 4.78 is 0. The number of likely N-dealkylation sites (tertiary alicyclic amines) is 1. The minimum Gasteiger partial charge on any atom is -0.299 e. The summed E-state index contributed by atoms with van der Waals surface area (Å²) in [6, 6.07) is 0. The molecule has 1 fully saturated rings. The van der Waals surface area contributed by atoms with Gasteiger partial charge < -0.3 is 0 Å². The number of ketones is 1. The van der Waals surface area contributed by atoms with Crippen LogP contribution in [0.1, 0.15) is 53.9 Å². The van der Waals surface area contributed by atoms with Crippen LogP contribution < -0.4 is 0 Å². The van der Waals surface area contributed by atoms with Crippen molar-refractivity contribution in [1.29, 1.82) is 0 Å². The molecule has 1 saturated heterocycles. The summed E-state index contributed by atoms with van der Waals surface area (Å²) in [4.78, 5) is 14.4. The maximum Gasteiger partial charge on any atom is 0.141 e. The number of Topliss-reactive ketones (excluding diaryl/α,β-unsaturated/α-hetero) is 1. The molecule has 1 aliphatic heterocycles. The van der Waals surface area contributed by atoms with Gasteiger partial charge >= 0.3 is 0 Å². The largest absolute Gasteiger partial charge is 0.299 e. The zero-order chi connectivity index (χ0) is 11.7. The third-order valence-corrected chi connectivity index (χ3v) is 4.41. The Kier molecular flexibility index (Phi) is 3.59. The molecule has 0 aromatic rings. The van der Waals surface area contributed by atoms with Gasteiger partial charge in [0, 0.05) is 23.9 Å². The van der Waals surface area contributed by atoms with E-state index in [1.165, 1.54) is 12.8 Å². The summed E-state index contributed by atoms with van der Waals surface area (Å²) in [5.41, 5.74) is -0.212. The molecule has 2 nitrogen and oxygen atoms in total. The number of piperidine rings is 1. The van der Waals surface area contributed by atoms with Gasteiger partial charge in [-0.3, -0.25) is 9.69 Å². The van der Waals surface area contributed by atoms with E-state index in [1.807, 2.05) is 0 Å². The van der Waals surface area contributed by atoms with Gasteiger partial charge in [-0.1, -0.05) is 27.2 Å². The highest BCUT2D eigenvalue weighted by atomic mass is 16.1. The lowest BCUT2D eigenvalue weighted by molar-refractivity contribution is -0.142. The minimum absolute atomic E-state index is 0.00248. The summed E-state index contributed by atoms with van der Waals surface area (Å²) in [5.74, 6) is 0.417. The zero-order valence-corrected chi connectivity index (χ0v) is 10.9. The highest BCUT2D eigenvalue weighted by Crippen LogP contribution is 2.40. The summed E-state index contributed by atoms with van der Waals surface area (Å²) in [6.07, 6.45) is 3.18. The van der Waals surface area contributed by atoms with Crippen molar-refractivity contribution in [3.63, 3.8) is 0 Å².